The highest BCUT2D eigenvalue weighted by Crippen LogP contribution is 2.22. The van der Waals surface area contributed by atoms with Gasteiger partial charge >= 0.3 is 0 Å². The van der Waals surface area contributed by atoms with E-state index in [0.29, 0.717) is 6.61 Å². The minimum atomic E-state index is -1.11. The Hall–Kier alpha value is -0.363. The predicted octanol–water partition coefficient (Wildman–Crippen LogP) is 0.832. The molecule has 1 aliphatic rings. The molecule has 0 radical (unpaired) electrons. The third-order valence-electron chi connectivity index (χ3n) is 2.60. The Kier molecular flexibility index (Phi) is 4.77. The fourth-order valence-corrected chi connectivity index (χ4v) is 2.59. The van der Waals surface area contributed by atoms with Gasteiger partial charge in [-0.25, -0.2) is 0 Å². The Morgan fingerprint density at radius 3 is 2.41 bits per heavy atom. The van der Waals surface area contributed by atoms with E-state index in [4.69, 9.17) is 9.47 Å². The third kappa shape index (κ3) is 4.42. The van der Waals surface area contributed by atoms with Gasteiger partial charge in [-0.1, -0.05) is 13.1 Å². The lowest BCUT2D eigenvalue weighted by atomic mass is 10.1. The Morgan fingerprint density at radius 1 is 1.35 bits per heavy atom. The van der Waals surface area contributed by atoms with Crippen LogP contribution in [0, 0.1) is 0 Å². The van der Waals surface area contributed by atoms with E-state index >= 15 is 0 Å². The lowest BCUT2D eigenvalue weighted by Crippen LogP contribution is -2.46. The molecule has 0 aromatic heterocycles. The van der Waals surface area contributed by atoms with Crippen LogP contribution in [0.25, 0.3) is 0 Å². The summed E-state index contributed by atoms with van der Waals surface area (Å²) in [6.45, 7) is 10.4. The molecule has 2 N–H and O–H groups in total. The summed E-state index contributed by atoms with van der Waals surface area (Å²) >= 11 is 0. The fourth-order valence-electron chi connectivity index (χ4n) is 1.56. The number of hydrogen-bond acceptors (Lipinski definition) is 4. The van der Waals surface area contributed by atoms with Crippen molar-refractivity contribution in [2.45, 2.75) is 57.8 Å². The molecule has 100 valence electrons. The second-order valence-electron chi connectivity index (χ2n) is 5.78. The summed E-state index contributed by atoms with van der Waals surface area (Å²) < 4.78 is 11.3. The monoisotopic (exact) mass is 260 g/mol. The molecule has 0 fully saturated rings. The summed E-state index contributed by atoms with van der Waals surface area (Å²) in [5.41, 5.74) is -0.273. The van der Waals surface area contributed by atoms with Crippen LogP contribution in [-0.2, 0) is 9.47 Å². The zero-order chi connectivity index (χ0) is 13.2. The third-order valence-corrected chi connectivity index (χ3v) is 4.07. The van der Waals surface area contributed by atoms with Crippen LogP contribution in [-0.4, -0.2) is 49.5 Å². The van der Waals surface area contributed by atoms with Gasteiger partial charge in [0.2, 0.25) is 0 Å². The van der Waals surface area contributed by atoms with Gasteiger partial charge in [0.1, 0.15) is 27.1 Å². The number of hydrogen-bond donors (Lipinski definition) is 2. The van der Waals surface area contributed by atoms with Crippen LogP contribution in [0.5, 0.6) is 0 Å². The van der Waals surface area contributed by atoms with E-state index < -0.39 is 27.1 Å². The molecule has 0 aromatic rings. The first-order valence-corrected chi connectivity index (χ1v) is 8.98. The highest BCUT2D eigenvalue weighted by molar-refractivity contribution is 6.63. The lowest BCUT2D eigenvalue weighted by molar-refractivity contribution is -0.122. The van der Waals surface area contributed by atoms with E-state index in [1.165, 1.54) is 0 Å². The predicted molar refractivity (Wildman–Crippen MR) is 69.6 cm³/mol. The smallest absolute Gasteiger partial charge is 0.149 e. The van der Waals surface area contributed by atoms with E-state index in [2.05, 4.69) is 13.1 Å². The summed E-state index contributed by atoms with van der Waals surface area (Å²) in [6, 6.07) is 0. The van der Waals surface area contributed by atoms with Crippen LogP contribution < -0.4 is 0 Å². The Labute approximate surface area is 105 Å². The maximum atomic E-state index is 9.85. The summed E-state index contributed by atoms with van der Waals surface area (Å²) in [6.07, 6.45) is -0.593. The van der Waals surface area contributed by atoms with E-state index in [9.17, 15) is 10.2 Å². The largest absolute Gasteiger partial charge is 0.495 e. The van der Waals surface area contributed by atoms with Crippen molar-refractivity contribution >= 4 is 8.80 Å². The van der Waals surface area contributed by atoms with Gasteiger partial charge in [0.15, 0.2) is 0 Å². The Balaban J connectivity index is 2.64. The number of aliphatic hydroxyl groups is 2. The number of aliphatic hydroxyl groups excluding tert-OH is 2. The van der Waals surface area contributed by atoms with Crippen molar-refractivity contribution in [1.82, 2.24) is 0 Å². The van der Waals surface area contributed by atoms with Crippen molar-refractivity contribution in [1.29, 1.82) is 0 Å². The van der Waals surface area contributed by atoms with Gasteiger partial charge < -0.3 is 19.7 Å². The van der Waals surface area contributed by atoms with Gasteiger partial charge in [0.05, 0.1) is 17.6 Å². The molecule has 0 aromatic carbocycles. The highest BCUT2D eigenvalue weighted by Gasteiger charge is 2.34. The van der Waals surface area contributed by atoms with Gasteiger partial charge in [-0.2, -0.15) is 0 Å². The molecule has 4 nitrogen and oxygen atoms in total. The first kappa shape index (κ1) is 14.7. The maximum absolute atomic E-state index is 9.85. The second kappa shape index (κ2) is 5.52. The fraction of sp³-hybridized carbons (Fsp3) is 0.833. The van der Waals surface area contributed by atoms with Crippen LogP contribution in [0.3, 0.4) is 0 Å². The van der Waals surface area contributed by atoms with Crippen molar-refractivity contribution in [2.75, 3.05) is 6.61 Å². The van der Waals surface area contributed by atoms with Crippen LogP contribution in [0.1, 0.15) is 20.8 Å². The SMILES string of the molecule is C[SiH](C)C1=C[C@@H](O)[C@H](O)[C@@H](COC(C)(C)C)O1. The second-order valence-corrected chi connectivity index (χ2v) is 8.66. The van der Waals surface area contributed by atoms with Crippen LogP contribution in [0.4, 0.5) is 0 Å². The summed E-state index contributed by atoms with van der Waals surface area (Å²) in [4.78, 5) is 0. The molecule has 0 spiro atoms. The van der Waals surface area contributed by atoms with Crippen molar-refractivity contribution in [3.8, 4) is 0 Å². The lowest BCUT2D eigenvalue weighted by Gasteiger charge is -2.34. The molecule has 0 unspecified atom stereocenters. The van der Waals surface area contributed by atoms with Gasteiger partial charge in [-0.3, -0.25) is 0 Å². The number of ether oxygens (including phenoxy) is 2. The molecule has 0 aliphatic carbocycles. The van der Waals surface area contributed by atoms with Crippen LogP contribution >= 0.6 is 0 Å². The molecule has 0 saturated heterocycles. The van der Waals surface area contributed by atoms with E-state index in [-0.39, 0.29) is 5.60 Å². The molecule has 0 amide bonds. The molecule has 1 heterocycles. The molecule has 1 rings (SSSR count). The average Bonchev–Trinajstić information content (AvgIpc) is 2.18. The molecule has 1 aliphatic heterocycles. The quantitative estimate of drug-likeness (QED) is 0.738. The van der Waals surface area contributed by atoms with Gasteiger partial charge in [0, 0.05) is 0 Å². The van der Waals surface area contributed by atoms with Gasteiger partial charge in [0.25, 0.3) is 0 Å². The molecule has 0 bridgehead atoms. The average molecular weight is 260 g/mol. The van der Waals surface area contributed by atoms with E-state index in [1.54, 1.807) is 6.08 Å². The Morgan fingerprint density at radius 2 is 1.94 bits per heavy atom. The summed E-state index contributed by atoms with van der Waals surface area (Å²) in [7, 11) is -1.11. The van der Waals surface area contributed by atoms with E-state index in [1.807, 2.05) is 20.8 Å². The first-order chi connectivity index (χ1) is 7.70. The van der Waals surface area contributed by atoms with Crippen molar-refractivity contribution < 1.29 is 19.7 Å². The van der Waals surface area contributed by atoms with Crippen molar-refractivity contribution in [3.63, 3.8) is 0 Å². The molecule has 3 atom stereocenters. The highest BCUT2D eigenvalue weighted by atomic mass is 28.3. The maximum Gasteiger partial charge on any atom is 0.149 e. The molecule has 5 heteroatoms. The van der Waals surface area contributed by atoms with Crippen molar-refractivity contribution in [3.05, 3.63) is 11.5 Å². The summed E-state index contributed by atoms with van der Waals surface area (Å²) in [5, 5.41) is 20.5. The summed E-state index contributed by atoms with van der Waals surface area (Å²) in [5.74, 6) is 0. The molecular formula is C12H24O4Si. The molecule has 17 heavy (non-hydrogen) atoms. The normalized spacial score (nSPS) is 30.1. The van der Waals surface area contributed by atoms with Crippen molar-refractivity contribution in [2.24, 2.45) is 0 Å². The molecular weight excluding hydrogens is 236 g/mol. The zero-order valence-corrected chi connectivity index (χ0v) is 12.5. The Bertz CT molecular complexity index is 283. The van der Waals surface area contributed by atoms with Crippen LogP contribution in [0.15, 0.2) is 11.5 Å². The first-order valence-electron chi connectivity index (χ1n) is 6.09. The standard InChI is InChI=1S/C12H24O4Si/c1-12(2,3)15-7-9-11(14)8(13)6-10(16-9)17(4)5/h6,8-9,11,13-14,17H,7H2,1-5H3/t8-,9-,11+/m1/s1. The van der Waals surface area contributed by atoms with Crippen LogP contribution in [0.2, 0.25) is 13.1 Å². The van der Waals surface area contributed by atoms with E-state index in [0.717, 1.165) is 5.38 Å². The van der Waals surface area contributed by atoms with Gasteiger partial charge in [-0.05, 0) is 26.8 Å². The number of rotatable bonds is 3. The zero-order valence-electron chi connectivity index (χ0n) is 11.3. The minimum Gasteiger partial charge on any atom is -0.495 e. The topological polar surface area (TPSA) is 58.9 Å². The van der Waals surface area contributed by atoms with Gasteiger partial charge in [-0.15, -0.1) is 0 Å². The molecule has 0 saturated carbocycles. The minimum absolute atomic E-state index is 0.273.